The Morgan fingerprint density at radius 3 is 2.26 bits per heavy atom. The monoisotopic (exact) mass is 263 g/mol. The molecule has 0 aromatic heterocycles. The van der Waals surface area contributed by atoms with Gasteiger partial charge in [-0.15, -0.1) is 0 Å². The van der Waals surface area contributed by atoms with Gasteiger partial charge in [-0.3, -0.25) is 0 Å². The fourth-order valence-electron chi connectivity index (χ4n) is 1.98. The number of phenols is 1. The lowest BCUT2D eigenvalue weighted by Crippen LogP contribution is -2.02. The highest BCUT2D eigenvalue weighted by atomic mass is 19.1. The maximum Gasteiger partial charge on any atom is 0.149 e. The van der Waals surface area contributed by atoms with E-state index in [0.717, 1.165) is 22.8 Å². The van der Waals surface area contributed by atoms with Crippen LogP contribution in [-0.2, 0) is 6.54 Å². The van der Waals surface area contributed by atoms with E-state index < -0.39 is 11.6 Å². The highest BCUT2D eigenvalue weighted by Crippen LogP contribution is 2.24. The van der Waals surface area contributed by atoms with E-state index in [0.29, 0.717) is 6.54 Å². The van der Waals surface area contributed by atoms with Crippen molar-refractivity contribution in [2.24, 2.45) is 0 Å². The fourth-order valence-corrected chi connectivity index (χ4v) is 1.98. The average Bonchev–Trinajstić information content (AvgIpc) is 2.34. The number of hydrogen-bond donors (Lipinski definition) is 2. The van der Waals surface area contributed by atoms with Crippen molar-refractivity contribution >= 4 is 5.69 Å². The van der Waals surface area contributed by atoms with Crippen LogP contribution in [0.25, 0.3) is 0 Å². The third kappa shape index (κ3) is 3.02. The summed E-state index contributed by atoms with van der Waals surface area (Å²) >= 11 is 0. The van der Waals surface area contributed by atoms with Gasteiger partial charge in [-0.25, -0.2) is 8.78 Å². The minimum Gasteiger partial charge on any atom is -0.507 e. The zero-order valence-corrected chi connectivity index (χ0v) is 10.8. The molecule has 0 aliphatic rings. The smallest absolute Gasteiger partial charge is 0.149 e. The number of phenolic OH excluding ortho intramolecular Hbond substituents is 1. The van der Waals surface area contributed by atoms with Gasteiger partial charge in [-0.2, -0.15) is 0 Å². The van der Waals surface area contributed by atoms with Crippen LogP contribution in [-0.4, -0.2) is 5.11 Å². The molecule has 4 heteroatoms. The third-order valence-electron chi connectivity index (χ3n) is 2.96. The van der Waals surface area contributed by atoms with Crippen molar-refractivity contribution in [3.05, 3.63) is 58.7 Å². The Bertz CT molecular complexity index is 588. The predicted molar refractivity (Wildman–Crippen MR) is 71.3 cm³/mol. The van der Waals surface area contributed by atoms with Gasteiger partial charge in [0.05, 0.1) is 5.69 Å². The molecule has 0 bridgehead atoms. The second kappa shape index (κ2) is 5.26. The standard InChI is InChI=1S/C15H15F2NO/c1-9-5-11(6-10(2)15(9)19)8-18-14-4-3-12(16)7-13(14)17/h3-7,18-19H,8H2,1-2H3. The topological polar surface area (TPSA) is 32.3 Å². The first kappa shape index (κ1) is 13.3. The first-order valence-corrected chi connectivity index (χ1v) is 5.95. The zero-order valence-electron chi connectivity index (χ0n) is 10.8. The minimum absolute atomic E-state index is 0.254. The van der Waals surface area contributed by atoms with Crippen LogP contribution >= 0.6 is 0 Å². The Morgan fingerprint density at radius 1 is 1.05 bits per heavy atom. The molecule has 0 aliphatic heterocycles. The molecule has 100 valence electrons. The minimum atomic E-state index is -0.618. The number of halogens is 2. The van der Waals surface area contributed by atoms with E-state index in [1.54, 1.807) is 0 Å². The highest BCUT2D eigenvalue weighted by Gasteiger charge is 2.06. The predicted octanol–water partition coefficient (Wildman–Crippen LogP) is 3.90. The second-order valence-electron chi connectivity index (χ2n) is 4.56. The molecule has 0 amide bonds. The lowest BCUT2D eigenvalue weighted by atomic mass is 10.1. The average molecular weight is 263 g/mol. The van der Waals surface area contributed by atoms with Crippen LogP contribution in [0.4, 0.5) is 14.5 Å². The Kier molecular flexibility index (Phi) is 3.69. The van der Waals surface area contributed by atoms with E-state index in [2.05, 4.69) is 5.32 Å². The molecule has 2 N–H and O–H groups in total. The van der Waals surface area contributed by atoms with E-state index in [4.69, 9.17) is 0 Å². The molecule has 2 nitrogen and oxygen atoms in total. The normalized spacial score (nSPS) is 10.5. The van der Waals surface area contributed by atoms with Crippen molar-refractivity contribution in [1.82, 2.24) is 0 Å². The van der Waals surface area contributed by atoms with Crippen LogP contribution in [0.5, 0.6) is 5.75 Å². The molecule has 0 saturated carbocycles. The number of aryl methyl sites for hydroxylation is 2. The molecule has 0 atom stereocenters. The summed E-state index contributed by atoms with van der Waals surface area (Å²) in [4.78, 5) is 0. The molecular weight excluding hydrogens is 248 g/mol. The lowest BCUT2D eigenvalue weighted by Gasteiger charge is -2.10. The molecule has 19 heavy (non-hydrogen) atoms. The number of rotatable bonds is 3. The first-order chi connectivity index (χ1) is 8.97. The summed E-state index contributed by atoms with van der Waals surface area (Å²) in [6, 6.07) is 7.08. The lowest BCUT2D eigenvalue weighted by molar-refractivity contribution is 0.466. The summed E-state index contributed by atoms with van der Waals surface area (Å²) in [7, 11) is 0. The maximum absolute atomic E-state index is 13.4. The molecule has 0 unspecified atom stereocenters. The van der Waals surface area contributed by atoms with Crippen molar-refractivity contribution in [3.63, 3.8) is 0 Å². The first-order valence-electron chi connectivity index (χ1n) is 5.95. The van der Waals surface area contributed by atoms with Crippen LogP contribution in [0.15, 0.2) is 30.3 Å². The Hall–Kier alpha value is -2.10. The van der Waals surface area contributed by atoms with Crippen LogP contribution in [0.2, 0.25) is 0 Å². The summed E-state index contributed by atoms with van der Waals surface area (Å²) < 4.78 is 26.2. The molecule has 2 rings (SSSR count). The summed E-state index contributed by atoms with van der Waals surface area (Å²) in [5.74, 6) is -0.941. The van der Waals surface area contributed by atoms with Crippen LogP contribution < -0.4 is 5.32 Å². The summed E-state index contributed by atoms with van der Waals surface area (Å²) in [5, 5.41) is 12.6. The number of nitrogens with one attached hydrogen (secondary N) is 1. The van der Waals surface area contributed by atoms with Gasteiger partial charge in [-0.1, -0.05) is 12.1 Å². The van der Waals surface area contributed by atoms with Gasteiger partial charge in [0.25, 0.3) is 0 Å². The quantitative estimate of drug-likeness (QED) is 0.880. The van der Waals surface area contributed by atoms with Crippen LogP contribution in [0.1, 0.15) is 16.7 Å². The van der Waals surface area contributed by atoms with Gasteiger partial charge in [-0.05, 0) is 42.7 Å². The molecule has 2 aromatic carbocycles. The molecule has 0 saturated heterocycles. The highest BCUT2D eigenvalue weighted by molar-refractivity contribution is 5.47. The van der Waals surface area contributed by atoms with E-state index in [1.807, 2.05) is 26.0 Å². The number of anilines is 1. The summed E-state index contributed by atoms with van der Waals surface area (Å²) in [5.41, 5.74) is 2.73. The van der Waals surface area contributed by atoms with E-state index >= 15 is 0 Å². The van der Waals surface area contributed by atoms with E-state index in [9.17, 15) is 13.9 Å². The van der Waals surface area contributed by atoms with Gasteiger partial charge >= 0.3 is 0 Å². The molecule has 0 fully saturated rings. The molecular formula is C15H15F2NO. The molecule has 0 heterocycles. The maximum atomic E-state index is 13.4. The molecule has 0 radical (unpaired) electrons. The van der Waals surface area contributed by atoms with Crippen molar-refractivity contribution in [2.75, 3.05) is 5.32 Å². The largest absolute Gasteiger partial charge is 0.507 e. The van der Waals surface area contributed by atoms with Crippen molar-refractivity contribution < 1.29 is 13.9 Å². The van der Waals surface area contributed by atoms with Crippen LogP contribution in [0.3, 0.4) is 0 Å². The van der Waals surface area contributed by atoms with Gasteiger partial charge < -0.3 is 10.4 Å². The molecule has 0 spiro atoms. The summed E-state index contributed by atoms with van der Waals surface area (Å²) in [6.07, 6.45) is 0. The summed E-state index contributed by atoms with van der Waals surface area (Å²) in [6.45, 7) is 4.03. The van der Waals surface area contributed by atoms with Crippen molar-refractivity contribution in [1.29, 1.82) is 0 Å². The third-order valence-corrected chi connectivity index (χ3v) is 2.96. The van der Waals surface area contributed by atoms with Crippen LogP contribution in [0, 0.1) is 25.5 Å². The Morgan fingerprint density at radius 2 is 1.68 bits per heavy atom. The van der Waals surface area contributed by atoms with Crippen molar-refractivity contribution in [2.45, 2.75) is 20.4 Å². The number of aromatic hydroxyl groups is 1. The van der Waals surface area contributed by atoms with E-state index in [1.165, 1.54) is 12.1 Å². The molecule has 2 aromatic rings. The fraction of sp³-hybridized carbons (Fsp3) is 0.200. The van der Waals surface area contributed by atoms with Crippen molar-refractivity contribution in [3.8, 4) is 5.75 Å². The molecule has 0 aliphatic carbocycles. The number of hydrogen-bond acceptors (Lipinski definition) is 2. The second-order valence-corrected chi connectivity index (χ2v) is 4.56. The SMILES string of the molecule is Cc1cc(CNc2ccc(F)cc2F)cc(C)c1O. The van der Waals surface area contributed by atoms with Gasteiger partial charge in [0.2, 0.25) is 0 Å². The zero-order chi connectivity index (χ0) is 14.0. The van der Waals surface area contributed by atoms with Gasteiger partial charge in [0.1, 0.15) is 17.4 Å². The van der Waals surface area contributed by atoms with E-state index in [-0.39, 0.29) is 11.4 Å². The Labute approximate surface area is 110 Å². The van der Waals surface area contributed by atoms with Gasteiger partial charge in [0, 0.05) is 12.6 Å². The Balaban J connectivity index is 2.14. The van der Waals surface area contributed by atoms with Gasteiger partial charge in [0.15, 0.2) is 0 Å². The number of benzene rings is 2.